The zero-order valence-electron chi connectivity index (χ0n) is 12.5. The number of carbonyl (C=O) groups is 1. The molecule has 3 aromatic rings. The average molecular weight is 300 g/mol. The van der Waals surface area contributed by atoms with Gasteiger partial charge in [-0.2, -0.15) is 0 Å². The number of aliphatic hydroxyl groups is 1. The third-order valence-corrected chi connectivity index (χ3v) is 3.61. The van der Waals surface area contributed by atoms with Crippen LogP contribution in [0.15, 0.2) is 91.0 Å². The van der Waals surface area contributed by atoms with Crippen LogP contribution in [0.3, 0.4) is 0 Å². The van der Waals surface area contributed by atoms with Gasteiger partial charge in [0.15, 0.2) is 5.78 Å². The van der Waals surface area contributed by atoms with Crippen LogP contribution in [0.5, 0.6) is 0 Å². The molecule has 23 heavy (non-hydrogen) atoms. The van der Waals surface area contributed by atoms with Crippen molar-refractivity contribution in [1.82, 2.24) is 0 Å². The van der Waals surface area contributed by atoms with Crippen LogP contribution in [0, 0.1) is 0 Å². The highest BCUT2D eigenvalue weighted by molar-refractivity contribution is 6.08. The van der Waals surface area contributed by atoms with Gasteiger partial charge in [-0.3, -0.25) is 4.79 Å². The van der Waals surface area contributed by atoms with Crippen molar-refractivity contribution in [3.05, 3.63) is 102 Å². The highest BCUT2D eigenvalue weighted by Gasteiger charge is 2.06. The molecule has 0 bridgehead atoms. The average Bonchev–Trinajstić information content (AvgIpc) is 2.63. The van der Waals surface area contributed by atoms with Crippen molar-refractivity contribution >= 4 is 11.5 Å². The summed E-state index contributed by atoms with van der Waals surface area (Å²) in [5.74, 6) is -0.242. The van der Waals surface area contributed by atoms with Gasteiger partial charge < -0.3 is 5.11 Å². The first kappa shape index (κ1) is 14.8. The predicted molar refractivity (Wildman–Crippen MR) is 93.3 cm³/mol. The van der Waals surface area contributed by atoms with Gasteiger partial charge in [-0.25, -0.2) is 0 Å². The van der Waals surface area contributed by atoms with E-state index < -0.39 is 0 Å². The van der Waals surface area contributed by atoms with Gasteiger partial charge in [0.1, 0.15) is 5.76 Å². The van der Waals surface area contributed by atoms with Crippen LogP contribution < -0.4 is 0 Å². The maximum atomic E-state index is 12.2. The Morgan fingerprint density at radius 1 is 0.652 bits per heavy atom. The summed E-state index contributed by atoms with van der Waals surface area (Å²) in [5.41, 5.74) is 3.33. The van der Waals surface area contributed by atoms with Crippen molar-refractivity contribution in [3.8, 4) is 11.1 Å². The molecule has 1 N–H and O–H groups in total. The van der Waals surface area contributed by atoms with Gasteiger partial charge in [-0.15, -0.1) is 0 Å². The second kappa shape index (κ2) is 6.75. The van der Waals surface area contributed by atoms with Crippen molar-refractivity contribution in [2.24, 2.45) is 0 Å². The number of rotatable bonds is 4. The first-order valence-corrected chi connectivity index (χ1v) is 7.40. The first-order chi connectivity index (χ1) is 11.2. The van der Waals surface area contributed by atoms with Crippen molar-refractivity contribution in [3.63, 3.8) is 0 Å². The smallest absolute Gasteiger partial charge is 0.189 e. The lowest BCUT2D eigenvalue weighted by Gasteiger charge is -2.03. The Balaban J connectivity index is 1.81. The third kappa shape index (κ3) is 3.55. The van der Waals surface area contributed by atoms with Crippen LogP contribution in [-0.2, 0) is 0 Å². The lowest BCUT2D eigenvalue weighted by atomic mass is 10.0. The molecule has 0 unspecified atom stereocenters. The van der Waals surface area contributed by atoms with E-state index in [0.29, 0.717) is 11.1 Å². The Morgan fingerprint density at radius 2 is 1.17 bits per heavy atom. The minimum absolute atomic E-state index is 0.0252. The molecule has 2 heteroatoms. The second-order valence-corrected chi connectivity index (χ2v) is 5.20. The van der Waals surface area contributed by atoms with Gasteiger partial charge in [0.25, 0.3) is 0 Å². The Bertz CT molecular complexity index is 817. The van der Waals surface area contributed by atoms with Crippen LogP contribution in [0.4, 0.5) is 0 Å². The van der Waals surface area contributed by atoms with Crippen LogP contribution in [0.25, 0.3) is 16.9 Å². The molecule has 2 nitrogen and oxygen atoms in total. The summed E-state index contributed by atoms with van der Waals surface area (Å²) >= 11 is 0. The van der Waals surface area contributed by atoms with Gasteiger partial charge in [0, 0.05) is 17.2 Å². The molecule has 3 aromatic carbocycles. The molecule has 112 valence electrons. The molecule has 0 amide bonds. The van der Waals surface area contributed by atoms with E-state index in [0.717, 1.165) is 11.1 Å². The molecule has 0 aliphatic rings. The normalized spacial score (nSPS) is 11.2. The quantitative estimate of drug-likeness (QED) is 0.412. The van der Waals surface area contributed by atoms with Crippen LogP contribution in [-0.4, -0.2) is 10.9 Å². The first-order valence-electron chi connectivity index (χ1n) is 7.40. The van der Waals surface area contributed by atoms with Crippen LogP contribution in [0.2, 0.25) is 0 Å². The van der Waals surface area contributed by atoms with E-state index in [1.54, 1.807) is 24.3 Å². The fourth-order valence-electron chi connectivity index (χ4n) is 2.36. The molecule has 0 atom stereocenters. The molecule has 0 radical (unpaired) electrons. The van der Waals surface area contributed by atoms with Crippen molar-refractivity contribution in [2.75, 3.05) is 0 Å². The zero-order valence-corrected chi connectivity index (χ0v) is 12.5. The molecule has 0 heterocycles. The van der Waals surface area contributed by atoms with Crippen LogP contribution in [0.1, 0.15) is 15.9 Å². The Morgan fingerprint density at radius 3 is 1.78 bits per heavy atom. The van der Waals surface area contributed by atoms with E-state index in [1.807, 2.05) is 60.7 Å². The fourth-order valence-corrected chi connectivity index (χ4v) is 2.36. The molecule has 0 aromatic heterocycles. The minimum Gasteiger partial charge on any atom is -0.507 e. The molecular weight excluding hydrogens is 284 g/mol. The minimum atomic E-state index is -0.217. The molecular formula is C21H16O2. The summed E-state index contributed by atoms with van der Waals surface area (Å²) in [6.07, 6.45) is 1.26. The van der Waals surface area contributed by atoms with E-state index >= 15 is 0 Å². The number of carbonyl (C=O) groups excluding carboxylic acids is 1. The highest BCUT2D eigenvalue weighted by atomic mass is 16.3. The lowest BCUT2D eigenvalue weighted by molar-refractivity contribution is 0.104. The van der Waals surface area contributed by atoms with Gasteiger partial charge in [0.05, 0.1) is 0 Å². The molecule has 0 spiro atoms. The zero-order chi connectivity index (χ0) is 16.1. The van der Waals surface area contributed by atoms with Crippen molar-refractivity contribution in [1.29, 1.82) is 0 Å². The Labute approximate surface area is 135 Å². The molecule has 0 saturated carbocycles. The number of benzene rings is 3. The Kier molecular flexibility index (Phi) is 4.34. The topological polar surface area (TPSA) is 37.3 Å². The highest BCUT2D eigenvalue weighted by Crippen LogP contribution is 2.20. The summed E-state index contributed by atoms with van der Waals surface area (Å²) in [6, 6.07) is 26.4. The maximum Gasteiger partial charge on any atom is 0.189 e. The number of allylic oxidation sites excluding steroid dienone is 1. The van der Waals surface area contributed by atoms with Crippen molar-refractivity contribution < 1.29 is 9.90 Å². The van der Waals surface area contributed by atoms with E-state index in [2.05, 4.69) is 0 Å². The SMILES string of the molecule is O=C(/C=C(\O)c1ccccc1)c1ccc(-c2ccccc2)cc1. The van der Waals surface area contributed by atoms with Crippen LogP contribution >= 0.6 is 0 Å². The van der Waals surface area contributed by atoms with Crippen molar-refractivity contribution in [2.45, 2.75) is 0 Å². The van der Waals surface area contributed by atoms with E-state index in [-0.39, 0.29) is 11.5 Å². The molecule has 0 fully saturated rings. The van der Waals surface area contributed by atoms with E-state index in [9.17, 15) is 9.90 Å². The number of hydrogen-bond acceptors (Lipinski definition) is 2. The molecule has 0 saturated heterocycles. The molecule has 0 aliphatic carbocycles. The Hall–Kier alpha value is -3.13. The van der Waals surface area contributed by atoms with E-state index in [4.69, 9.17) is 0 Å². The van der Waals surface area contributed by atoms with Gasteiger partial charge in [0.2, 0.25) is 0 Å². The number of aliphatic hydroxyl groups excluding tert-OH is 1. The van der Waals surface area contributed by atoms with E-state index in [1.165, 1.54) is 6.08 Å². The maximum absolute atomic E-state index is 12.2. The number of ketones is 1. The second-order valence-electron chi connectivity index (χ2n) is 5.20. The monoisotopic (exact) mass is 300 g/mol. The standard InChI is InChI=1S/C21H16O2/c22-20(18-9-5-2-6-10-18)15-21(23)19-13-11-17(12-14-19)16-7-3-1-4-8-16/h1-15,22H/b20-15-. The summed E-state index contributed by atoms with van der Waals surface area (Å²) in [7, 11) is 0. The fraction of sp³-hybridized carbons (Fsp3) is 0. The lowest BCUT2D eigenvalue weighted by Crippen LogP contribution is -1.96. The van der Waals surface area contributed by atoms with Gasteiger partial charge in [-0.1, -0.05) is 84.9 Å². The summed E-state index contributed by atoms with van der Waals surface area (Å²) < 4.78 is 0. The predicted octanol–water partition coefficient (Wildman–Crippen LogP) is 5.14. The molecule has 0 aliphatic heterocycles. The summed E-state index contributed by atoms with van der Waals surface area (Å²) in [5, 5.41) is 10.0. The van der Waals surface area contributed by atoms with Gasteiger partial charge in [-0.05, 0) is 11.1 Å². The summed E-state index contributed by atoms with van der Waals surface area (Å²) in [6.45, 7) is 0. The molecule has 3 rings (SSSR count). The largest absolute Gasteiger partial charge is 0.507 e. The number of hydrogen-bond donors (Lipinski definition) is 1. The summed E-state index contributed by atoms with van der Waals surface area (Å²) in [4.78, 5) is 12.2. The third-order valence-electron chi connectivity index (χ3n) is 3.61. The van der Waals surface area contributed by atoms with Gasteiger partial charge >= 0.3 is 0 Å².